The number of aromatic nitrogens is 3. The Morgan fingerprint density at radius 2 is 2.58 bits per heavy atom. The first kappa shape index (κ1) is 6.75. The summed E-state index contributed by atoms with van der Waals surface area (Å²) >= 11 is 0. The third kappa shape index (κ3) is 0.755. The maximum Gasteiger partial charge on any atom is 0.244 e. The molecule has 0 radical (unpaired) electrons. The molecule has 2 rings (SSSR count). The number of hydrazone groups is 1. The predicted octanol–water partition coefficient (Wildman–Crippen LogP) is -0.926. The lowest BCUT2D eigenvalue weighted by molar-refractivity contribution is 0.160. The Morgan fingerprint density at radius 1 is 1.75 bits per heavy atom. The van der Waals surface area contributed by atoms with Gasteiger partial charge in [0.1, 0.15) is 12.4 Å². The van der Waals surface area contributed by atoms with Crippen LogP contribution in [0.2, 0.25) is 0 Å². The minimum Gasteiger partial charge on any atom is -0.366 e. The second-order valence-corrected chi connectivity index (χ2v) is 2.12. The number of anilines is 1. The molecule has 1 atom stereocenters. The zero-order valence-electron chi connectivity index (χ0n) is 5.84. The first-order valence-corrected chi connectivity index (χ1v) is 3.14. The van der Waals surface area contributed by atoms with Gasteiger partial charge in [-0.05, 0) is 0 Å². The zero-order chi connectivity index (χ0) is 8.55. The van der Waals surface area contributed by atoms with E-state index in [0.29, 0.717) is 5.95 Å². The zero-order valence-corrected chi connectivity index (χ0v) is 5.84. The molecule has 0 amide bonds. The van der Waals surface area contributed by atoms with Crippen LogP contribution < -0.4 is 5.43 Å². The van der Waals surface area contributed by atoms with E-state index in [1.54, 1.807) is 6.07 Å². The fraction of sp³-hybridized carbons (Fsp3) is 0.200. The summed E-state index contributed by atoms with van der Waals surface area (Å²) in [4.78, 5) is 3.74. The summed E-state index contributed by atoms with van der Waals surface area (Å²) in [5.74, 6) is 0.321. The molecule has 0 saturated heterocycles. The summed E-state index contributed by atoms with van der Waals surface area (Å²) in [7, 11) is 0. The minimum atomic E-state index is -1.13. The van der Waals surface area contributed by atoms with Gasteiger partial charge in [-0.3, -0.25) is 0 Å². The predicted molar refractivity (Wildman–Crippen MR) is 37.9 cm³/mol. The SMILES string of the molecule is N#CC1=NNc2ncnn2C1O. The highest BCUT2D eigenvalue weighted by atomic mass is 16.3. The molecule has 0 spiro atoms. The molecular formula is C5H4N6O. The number of aliphatic hydroxyl groups excluding tert-OH is 1. The van der Waals surface area contributed by atoms with Gasteiger partial charge in [-0.1, -0.05) is 0 Å². The molecule has 0 aliphatic carbocycles. The lowest BCUT2D eigenvalue weighted by Crippen LogP contribution is -2.25. The second-order valence-electron chi connectivity index (χ2n) is 2.12. The van der Waals surface area contributed by atoms with Gasteiger partial charge in [-0.2, -0.15) is 25.1 Å². The van der Waals surface area contributed by atoms with Crippen molar-refractivity contribution in [2.45, 2.75) is 6.23 Å². The van der Waals surface area contributed by atoms with Crippen molar-refractivity contribution in [3.63, 3.8) is 0 Å². The molecule has 1 aromatic rings. The molecule has 12 heavy (non-hydrogen) atoms. The van der Waals surface area contributed by atoms with Crippen molar-refractivity contribution in [3.8, 4) is 6.07 Å². The number of hydrogen-bond donors (Lipinski definition) is 2. The van der Waals surface area contributed by atoms with Crippen LogP contribution in [-0.4, -0.2) is 25.6 Å². The average molecular weight is 164 g/mol. The van der Waals surface area contributed by atoms with Crippen molar-refractivity contribution >= 4 is 11.7 Å². The molecule has 2 N–H and O–H groups in total. The smallest absolute Gasteiger partial charge is 0.244 e. The van der Waals surface area contributed by atoms with Crippen LogP contribution in [-0.2, 0) is 0 Å². The van der Waals surface area contributed by atoms with Crippen molar-refractivity contribution < 1.29 is 5.11 Å². The minimum absolute atomic E-state index is 0.0343. The summed E-state index contributed by atoms with van der Waals surface area (Å²) in [6.07, 6.45) is 0.134. The molecule has 2 heterocycles. The molecule has 7 heteroatoms. The van der Waals surface area contributed by atoms with Gasteiger partial charge in [0.05, 0.1) is 0 Å². The van der Waals surface area contributed by atoms with E-state index >= 15 is 0 Å². The molecular weight excluding hydrogens is 160 g/mol. The Labute approximate surface area is 66.9 Å². The van der Waals surface area contributed by atoms with E-state index in [2.05, 4.69) is 20.6 Å². The van der Waals surface area contributed by atoms with Gasteiger partial charge < -0.3 is 5.11 Å². The number of nitriles is 1. The highest BCUT2D eigenvalue weighted by Gasteiger charge is 2.23. The lowest BCUT2D eigenvalue weighted by Gasteiger charge is -2.15. The average Bonchev–Trinajstić information content (AvgIpc) is 2.53. The summed E-state index contributed by atoms with van der Waals surface area (Å²) in [6.45, 7) is 0. The van der Waals surface area contributed by atoms with Crippen LogP contribution in [0.15, 0.2) is 11.4 Å². The van der Waals surface area contributed by atoms with E-state index in [0.717, 1.165) is 0 Å². The molecule has 60 valence electrons. The fourth-order valence-electron chi connectivity index (χ4n) is 0.876. The quantitative estimate of drug-likeness (QED) is 0.516. The summed E-state index contributed by atoms with van der Waals surface area (Å²) in [5.41, 5.74) is 2.43. The van der Waals surface area contributed by atoms with Crippen LogP contribution in [0.4, 0.5) is 5.95 Å². The second kappa shape index (κ2) is 2.28. The Hall–Kier alpha value is -1.94. The number of fused-ring (bicyclic) bond motifs is 1. The normalized spacial score (nSPS) is 20.3. The van der Waals surface area contributed by atoms with E-state index < -0.39 is 6.23 Å². The summed E-state index contributed by atoms with van der Waals surface area (Å²) in [5, 5.41) is 25.1. The van der Waals surface area contributed by atoms with Crippen LogP contribution in [0.1, 0.15) is 6.23 Å². The molecule has 0 aromatic carbocycles. The molecule has 0 bridgehead atoms. The van der Waals surface area contributed by atoms with Gasteiger partial charge >= 0.3 is 0 Å². The van der Waals surface area contributed by atoms with Crippen molar-refractivity contribution in [1.82, 2.24) is 14.8 Å². The molecule has 0 saturated carbocycles. The Kier molecular flexibility index (Phi) is 1.28. The number of nitrogens with one attached hydrogen (secondary N) is 1. The molecule has 1 unspecified atom stereocenters. The number of hydrogen-bond acceptors (Lipinski definition) is 6. The lowest BCUT2D eigenvalue weighted by atomic mass is 10.3. The largest absolute Gasteiger partial charge is 0.366 e. The summed E-state index contributed by atoms with van der Waals surface area (Å²) in [6, 6.07) is 1.73. The van der Waals surface area contributed by atoms with Crippen molar-refractivity contribution in [2.75, 3.05) is 5.43 Å². The van der Waals surface area contributed by atoms with Crippen LogP contribution in [0, 0.1) is 11.3 Å². The number of aliphatic hydroxyl groups is 1. The Bertz CT molecular complexity index is 374. The van der Waals surface area contributed by atoms with Crippen LogP contribution >= 0.6 is 0 Å². The highest BCUT2D eigenvalue weighted by molar-refractivity contribution is 6.01. The van der Waals surface area contributed by atoms with E-state index in [1.165, 1.54) is 11.0 Å². The van der Waals surface area contributed by atoms with Gasteiger partial charge in [0.25, 0.3) is 0 Å². The maximum atomic E-state index is 9.38. The van der Waals surface area contributed by atoms with E-state index in [4.69, 9.17) is 5.26 Å². The highest BCUT2D eigenvalue weighted by Crippen LogP contribution is 2.14. The standard InChI is InChI=1S/C5H4N6O/c6-1-3-4(12)11-5(10-9-3)7-2-8-11/h2,4,12H,(H,7,8,10). The number of nitrogens with zero attached hydrogens (tertiary/aromatic N) is 5. The third-order valence-corrected chi connectivity index (χ3v) is 1.44. The topological polar surface area (TPSA) is 99.1 Å². The van der Waals surface area contributed by atoms with Crippen LogP contribution in [0.25, 0.3) is 0 Å². The summed E-state index contributed by atoms with van der Waals surface area (Å²) < 4.78 is 1.17. The molecule has 1 aliphatic rings. The van der Waals surface area contributed by atoms with Gasteiger partial charge in [-0.25, -0.2) is 5.43 Å². The van der Waals surface area contributed by atoms with Gasteiger partial charge in [0.15, 0.2) is 5.71 Å². The molecule has 0 fully saturated rings. The third-order valence-electron chi connectivity index (χ3n) is 1.44. The van der Waals surface area contributed by atoms with Crippen LogP contribution in [0.5, 0.6) is 0 Å². The van der Waals surface area contributed by atoms with Crippen molar-refractivity contribution in [1.29, 1.82) is 5.26 Å². The van der Waals surface area contributed by atoms with Crippen LogP contribution in [0.3, 0.4) is 0 Å². The maximum absolute atomic E-state index is 9.38. The Balaban J connectivity index is 2.45. The van der Waals surface area contributed by atoms with Crippen molar-refractivity contribution in [3.05, 3.63) is 6.33 Å². The number of rotatable bonds is 0. The fourth-order valence-corrected chi connectivity index (χ4v) is 0.876. The molecule has 1 aromatic heterocycles. The van der Waals surface area contributed by atoms with E-state index in [1.807, 2.05) is 0 Å². The van der Waals surface area contributed by atoms with E-state index in [9.17, 15) is 5.11 Å². The monoisotopic (exact) mass is 164 g/mol. The first-order chi connectivity index (χ1) is 5.83. The van der Waals surface area contributed by atoms with Gasteiger partial charge in [0, 0.05) is 0 Å². The molecule has 1 aliphatic heterocycles. The Morgan fingerprint density at radius 3 is 3.33 bits per heavy atom. The molecule has 7 nitrogen and oxygen atoms in total. The van der Waals surface area contributed by atoms with E-state index in [-0.39, 0.29) is 5.71 Å². The van der Waals surface area contributed by atoms with Gasteiger partial charge in [-0.15, -0.1) is 0 Å². The first-order valence-electron chi connectivity index (χ1n) is 3.14. The van der Waals surface area contributed by atoms with Crippen molar-refractivity contribution in [2.24, 2.45) is 5.10 Å². The van der Waals surface area contributed by atoms with Gasteiger partial charge in [0.2, 0.25) is 12.2 Å².